The summed E-state index contributed by atoms with van der Waals surface area (Å²) in [6.07, 6.45) is 6.83. The van der Waals surface area contributed by atoms with Gasteiger partial charge in [0.05, 0.1) is 6.61 Å². The first-order chi connectivity index (χ1) is 8.79. The summed E-state index contributed by atoms with van der Waals surface area (Å²) in [6, 6.07) is 0. The second kappa shape index (κ2) is 8.85. The van der Waals surface area contributed by atoms with E-state index >= 15 is 0 Å². The van der Waals surface area contributed by atoms with Gasteiger partial charge in [-0.1, -0.05) is 6.92 Å². The molecule has 0 saturated carbocycles. The Morgan fingerprint density at radius 1 is 1.39 bits per heavy atom. The highest BCUT2D eigenvalue weighted by atomic mass is 32.2. The minimum atomic E-state index is 0.471. The van der Waals surface area contributed by atoms with Crippen molar-refractivity contribution in [1.82, 2.24) is 9.97 Å². The van der Waals surface area contributed by atoms with Crippen LogP contribution in [0, 0.1) is 0 Å². The number of hydrogen-bond acceptors (Lipinski definition) is 6. The Balaban J connectivity index is 2.44. The van der Waals surface area contributed by atoms with Crippen molar-refractivity contribution >= 4 is 23.3 Å². The maximum Gasteiger partial charge on any atom is 0.242 e. The molecule has 102 valence electrons. The van der Waals surface area contributed by atoms with E-state index < -0.39 is 0 Å². The van der Waals surface area contributed by atoms with E-state index in [9.17, 15) is 0 Å². The molecule has 0 atom stereocenters. The summed E-state index contributed by atoms with van der Waals surface area (Å²) < 4.78 is 5.45. The Kier molecular flexibility index (Phi) is 7.32. The Hall–Kier alpha value is -1.17. The molecule has 1 rings (SSSR count). The number of anilines is 2. The van der Waals surface area contributed by atoms with Crippen molar-refractivity contribution in [2.75, 3.05) is 36.2 Å². The predicted molar refractivity (Wildman–Crippen MR) is 78.3 cm³/mol. The second-order valence-corrected chi connectivity index (χ2v) is 4.90. The Labute approximate surface area is 113 Å². The molecule has 0 aliphatic heterocycles. The molecule has 0 bridgehead atoms. The molecule has 5 nitrogen and oxygen atoms in total. The minimum absolute atomic E-state index is 0.471. The maximum absolute atomic E-state index is 5.95. The summed E-state index contributed by atoms with van der Waals surface area (Å²) >= 11 is 1.86. The molecule has 0 amide bonds. The first kappa shape index (κ1) is 14.9. The summed E-state index contributed by atoms with van der Waals surface area (Å²) in [6.45, 7) is 3.53. The summed E-state index contributed by atoms with van der Waals surface area (Å²) in [5.41, 5.74) is 6.44. The summed E-state index contributed by atoms with van der Waals surface area (Å²) in [5.74, 6) is 2.32. The van der Waals surface area contributed by atoms with Gasteiger partial charge >= 0.3 is 0 Å². The predicted octanol–water partition coefficient (Wildman–Crippen LogP) is 2.40. The van der Waals surface area contributed by atoms with Gasteiger partial charge in [-0.15, -0.1) is 0 Å². The van der Waals surface area contributed by atoms with Crippen LogP contribution < -0.4 is 15.8 Å². The molecule has 0 unspecified atom stereocenters. The lowest BCUT2D eigenvalue weighted by Gasteiger charge is -2.11. The average molecular weight is 270 g/mol. The third-order valence-corrected chi connectivity index (χ3v) is 3.05. The highest BCUT2D eigenvalue weighted by Gasteiger charge is 2.08. The molecular weight excluding hydrogens is 248 g/mol. The van der Waals surface area contributed by atoms with E-state index in [1.807, 2.05) is 18.7 Å². The molecule has 0 saturated heterocycles. The molecular formula is C12H22N4OS. The van der Waals surface area contributed by atoms with Gasteiger partial charge in [0.15, 0.2) is 5.82 Å². The number of nitrogens with two attached hydrogens (primary N) is 1. The zero-order valence-corrected chi connectivity index (χ0v) is 11.9. The quantitative estimate of drug-likeness (QED) is 0.671. The van der Waals surface area contributed by atoms with Crippen LogP contribution in [0.3, 0.4) is 0 Å². The van der Waals surface area contributed by atoms with Crippen molar-refractivity contribution in [3.05, 3.63) is 6.33 Å². The highest BCUT2D eigenvalue weighted by Crippen LogP contribution is 2.24. The van der Waals surface area contributed by atoms with Gasteiger partial charge in [0, 0.05) is 6.54 Å². The summed E-state index contributed by atoms with van der Waals surface area (Å²) in [5, 5.41) is 3.22. The second-order valence-electron chi connectivity index (χ2n) is 3.92. The van der Waals surface area contributed by atoms with Crippen LogP contribution in [0.5, 0.6) is 5.88 Å². The Morgan fingerprint density at radius 3 is 2.94 bits per heavy atom. The largest absolute Gasteiger partial charge is 0.476 e. The molecule has 1 heterocycles. The molecule has 0 radical (unpaired) electrons. The van der Waals surface area contributed by atoms with E-state index in [0.717, 1.165) is 19.4 Å². The number of rotatable bonds is 9. The minimum Gasteiger partial charge on any atom is -0.476 e. The summed E-state index contributed by atoms with van der Waals surface area (Å²) in [7, 11) is 0. The van der Waals surface area contributed by atoms with Crippen LogP contribution in [0.25, 0.3) is 0 Å². The van der Waals surface area contributed by atoms with E-state index in [0.29, 0.717) is 24.0 Å². The Bertz CT molecular complexity index is 349. The van der Waals surface area contributed by atoms with Gasteiger partial charge in [0.2, 0.25) is 5.88 Å². The maximum atomic E-state index is 5.95. The summed E-state index contributed by atoms with van der Waals surface area (Å²) in [4.78, 5) is 8.16. The first-order valence-corrected chi connectivity index (χ1v) is 7.65. The van der Waals surface area contributed by atoms with Gasteiger partial charge in [-0.05, 0) is 31.3 Å². The van der Waals surface area contributed by atoms with E-state index in [1.165, 1.54) is 18.5 Å². The van der Waals surface area contributed by atoms with Crippen LogP contribution in [-0.2, 0) is 0 Å². The van der Waals surface area contributed by atoms with Gasteiger partial charge in [-0.25, -0.2) is 4.98 Å². The third-order valence-electron chi connectivity index (χ3n) is 2.36. The molecule has 0 spiro atoms. The van der Waals surface area contributed by atoms with E-state index in [4.69, 9.17) is 10.5 Å². The fourth-order valence-electron chi connectivity index (χ4n) is 1.41. The van der Waals surface area contributed by atoms with Crippen molar-refractivity contribution in [2.24, 2.45) is 0 Å². The Morgan fingerprint density at radius 2 is 2.22 bits per heavy atom. The van der Waals surface area contributed by atoms with Crippen molar-refractivity contribution < 1.29 is 4.74 Å². The van der Waals surface area contributed by atoms with Crippen LogP contribution >= 0.6 is 11.8 Å². The van der Waals surface area contributed by atoms with Crippen molar-refractivity contribution in [1.29, 1.82) is 0 Å². The molecule has 1 aromatic rings. The van der Waals surface area contributed by atoms with E-state index in [1.54, 1.807) is 0 Å². The lowest BCUT2D eigenvalue weighted by Crippen LogP contribution is -2.09. The van der Waals surface area contributed by atoms with Crippen LogP contribution in [0.4, 0.5) is 11.5 Å². The number of thioether (sulfide) groups is 1. The van der Waals surface area contributed by atoms with Crippen molar-refractivity contribution in [2.45, 2.75) is 26.2 Å². The number of unbranched alkanes of at least 4 members (excludes halogenated alkanes) is 1. The zero-order valence-electron chi connectivity index (χ0n) is 11.1. The van der Waals surface area contributed by atoms with Crippen LogP contribution in [0.15, 0.2) is 6.33 Å². The van der Waals surface area contributed by atoms with Gasteiger partial charge in [0.1, 0.15) is 12.0 Å². The monoisotopic (exact) mass is 270 g/mol. The lowest BCUT2D eigenvalue weighted by molar-refractivity contribution is 0.306. The highest BCUT2D eigenvalue weighted by molar-refractivity contribution is 7.98. The zero-order chi connectivity index (χ0) is 13.2. The van der Waals surface area contributed by atoms with Gasteiger partial charge < -0.3 is 15.8 Å². The standard InChI is InChI=1S/C12H22N4OS/c1-3-7-17-12-10(13)11(15-9-16-12)14-6-4-5-8-18-2/h9H,3-8,13H2,1-2H3,(H,14,15,16). The smallest absolute Gasteiger partial charge is 0.242 e. The molecule has 0 aliphatic rings. The number of nitrogens with zero attached hydrogens (tertiary/aromatic N) is 2. The topological polar surface area (TPSA) is 73.1 Å². The molecule has 1 aromatic heterocycles. The lowest BCUT2D eigenvalue weighted by atomic mass is 10.3. The normalized spacial score (nSPS) is 10.3. The van der Waals surface area contributed by atoms with Crippen molar-refractivity contribution in [3.8, 4) is 5.88 Å². The number of aromatic nitrogens is 2. The van der Waals surface area contributed by atoms with E-state index in [-0.39, 0.29) is 0 Å². The molecule has 18 heavy (non-hydrogen) atoms. The SMILES string of the molecule is CCCOc1ncnc(NCCCCSC)c1N. The van der Waals surface area contributed by atoms with Crippen molar-refractivity contribution in [3.63, 3.8) is 0 Å². The molecule has 3 N–H and O–H groups in total. The number of ether oxygens (including phenoxy) is 1. The molecule has 0 fully saturated rings. The fraction of sp³-hybridized carbons (Fsp3) is 0.667. The number of hydrogen-bond donors (Lipinski definition) is 2. The van der Waals surface area contributed by atoms with Gasteiger partial charge in [-0.2, -0.15) is 16.7 Å². The fourth-order valence-corrected chi connectivity index (χ4v) is 1.91. The molecule has 0 aliphatic carbocycles. The van der Waals surface area contributed by atoms with Gasteiger partial charge in [-0.3, -0.25) is 0 Å². The number of nitrogen functional groups attached to an aromatic ring is 1. The number of nitrogens with one attached hydrogen (secondary N) is 1. The molecule has 6 heteroatoms. The van der Waals surface area contributed by atoms with Crippen LogP contribution in [-0.4, -0.2) is 35.1 Å². The first-order valence-electron chi connectivity index (χ1n) is 6.25. The van der Waals surface area contributed by atoms with Crippen LogP contribution in [0.2, 0.25) is 0 Å². The van der Waals surface area contributed by atoms with Gasteiger partial charge in [0.25, 0.3) is 0 Å². The average Bonchev–Trinajstić information content (AvgIpc) is 2.39. The van der Waals surface area contributed by atoms with E-state index in [2.05, 4.69) is 21.5 Å². The van der Waals surface area contributed by atoms with Crippen LogP contribution in [0.1, 0.15) is 26.2 Å². The molecule has 0 aromatic carbocycles. The third kappa shape index (κ3) is 5.00.